The van der Waals surface area contributed by atoms with Crippen molar-refractivity contribution in [3.8, 4) is 0 Å². The molecule has 8 heteroatoms. The van der Waals surface area contributed by atoms with Crippen molar-refractivity contribution in [1.82, 2.24) is 4.98 Å². The fourth-order valence-corrected chi connectivity index (χ4v) is 2.62. The number of nitrogens with zero attached hydrogens (tertiary/aromatic N) is 2. The van der Waals surface area contributed by atoms with Crippen LogP contribution >= 0.6 is 11.8 Å². The van der Waals surface area contributed by atoms with Crippen molar-refractivity contribution < 1.29 is 23.1 Å². The van der Waals surface area contributed by atoms with Crippen LogP contribution in [0.15, 0.2) is 53.7 Å². The summed E-state index contributed by atoms with van der Waals surface area (Å²) in [5.41, 5.74) is 0.542. The molecule has 0 fully saturated rings. The molecular formula is C17H16F2N2O3S. The Morgan fingerprint density at radius 3 is 2.48 bits per heavy atom. The van der Waals surface area contributed by atoms with Gasteiger partial charge in [0.2, 0.25) is 0 Å². The number of amides is 1. The first kappa shape index (κ1) is 18.9. The smallest absolute Gasteiger partial charge is 0.341 e. The van der Waals surface area contributed by atoms with Crippen LogP contribution in [0.1, 0.15) is 17.3 Å². The molecule has 1 heterocycles. The molecule has 132 valence electrons. The summed E-state index contributed by atoms with van der Waals surface area (Å²) in [6, 6.07) is 11.6. The number of carbonyl (C=O) groups is 2. The van der Waals surface area contributed by atoms with E-state index in [1.165, 1.54) is 30.2 Å². The van der Waals surface area contributed by atoms with Crippen molar-refractivity contribution >= 4 is 29.3 Å². The molecule has 0 aliphatic heterocycles. The summed E-state index contributed by atoms with van der Waals surface area (Å²) < 4.78 is 30.3. The number of anilines is 1. The van der Waals surface area contributed by atoms with Gasteiger partial charge in [-0.05, 0) is 43.0 Å². The number of hydrogen-bond donors (Lipinski definition) is 0. The van der Waals surface area contributed by atoms with E-state index in [4.69, 9.17) is 4.74 Å². The van der Waals surface area contributed by atoms with E-state index in [0.29, 0.717) is 5.69 Å². The van der Waals surface area contributed by atoms with Gasteiger partial charge >= 0.3 is 5.97 Å². The average Bonchev–Trinajstić information content (AvgIpc) is 2.61. The van der Waals surface area contributed by atoms with Gasteiger partial charge in [-0.3, -0.25) is 4.79 Å². The Labute approximate surface area is 148 Å². The molecule has 0 aliphatic carbocycles. The summed E-state index contributed by atoms with van der Waals surface area (Å²) in [7, 11) is 1.56. The third kappa shape index (κ3) is 4.99. The summed E-state index contributed by atoms with van der Waals surface area (Å²) in [4.78, 5) is 29.7. The fraction of sp³-hybridized carbons (Fsp3) is 0.235. The van der Waals surface area contributed by atoms with E-state index in [-0.39, 0.29) is 22.4 Å². The molecule has 0 radical (unpaired) electrons. The quantitative estimate of drug-likeness (QED) is 0.577. The van der Waals surface area contributed by atoms with Crippen molar-refractivity contribution in [2.75, 3.05) is 11.9 Å². The van der Waals surface area contributed by atoms with Crippen LogP contribution in [0.2, 0.25) is 0 Å². The zero-order valence-corrected chi connectivity index (χ0v) is 14.4. The first-order chi connectivity index (χ1) is 11.9. The molecule has 2 aromatic rings. The first-order valence-electron chi connectivity index (χ1n) is 7.33. The van der Waals surface area contributed by atoms with E-state index in [1.54, 1.807) is 31.3 Å². The number of alkyl halides is 2. The minimum Gasteiger partial charge on any atom is -0.449 e. The van der Waals surface area contributed by atoms with Crippen LogP contribution in [0.4, 0.5) is 14.5 Å². The lowest BCUT2D eigenvalue weighted by Crippen LogP contribution is -2.37. The molecule has 0 spiro atoms. The van der Waals surface area contributed by atoms with Crippen molar-refractivity contribution in [3.05, 3.63) is 54.2 Å². The number of hydrogen-bond acceptors (Lipinski definition) is 5. The largest absolute Gasteiger partial charge is 0.449 e. The van der Waals surface area contributed by atoms with E-state index < -0.39 is 23.7 Å². The summed E-state index contributed by atoms with van der Waals surface area (Å²) in [6.07, 6.45) is 0.224. The van der Waals surface area contributed by atoms with Gasteiger partial charge in [0.25, 0.3) is 11.7 Å². The summed E-state index contributed by atoms with van der Waals surface area (Å²) in [6.45, 7) is 1.43. The van der Waals surface area contributed by atoms with E-state index in [9.17, 15) is 18.4 Å². The van der Waals surface area contributed by atoms with Crippen molar-refractivity contribution in [1.29, 1.82) is 0 Å². The van der Waals surface area contributed by atoms with Crippen LogP contribution in [0, 0.1) is 0 Å². The lowest BCUT2D eigenvalue weighted by Gasteiger charge is -2.21. The number of likely N-dealkylation sites (N-methyl/N-ethyl adjacent to an activating group) is 1. The van der Waals surface area contributed by atoms with Gasteiger partial charge in [0.05, 0.1) is 5.56 Å². The van der Waals surface area contributed by atoms with Crippen LogP contribution in [0.3, 0.4) is 0 Å². The molecule has 5 nitrogen and oxygen atoms in total. The van der Waals surface area contributed by atoms with Crippen LogP contribution in [-0.2, 0) is 9.53 Å². The maximum Gasteiger partial charge on any atom is 0.341 e. The molecule has 1 amide bonds. The summed E-state index contributed by atoms with van der Waals surface area (Å²) in [5.74, 6) is -4.03. The topological polar surface area (TPSA) is 59.5 Å². The normalized spacial score (nSPS) is 11.9. The Balaban J connectivity index is 2.09. The van der Waals surface area contributed by atoms with Crippen molar-refractivity contribution in [2.24, 2.45) is 0 Å². The molecule has 0 saturated heterocycles. The number of ether oxygens (including phenoxy) is 1. The number of aromatic nitrogens is 1. The number of benzene rings is 1. The van der Waals surface area contributed by atoms with Gasteiger partial charge in [0, 0.05) is 18.9 Å². The molecule has 25 heavy (non-hydrogen) atoms. The molecule has 1 aromatic heterocycles. The van der Waals surface area contributed by atoms with E-state index in [0.717, 1.165) is 0 Å². The minimum absolute atomic E-state index is 0.102. The lowest BCUT2D eigenvalue weighted by atomic mass is 10.2. The molecule has 1 unspecified atom stereocenters. The second-order valence-electron chi connectivity index (χ2n) is 5.01. The Morgan fingerprint density at radius 1 is 1.16 bits per heavy atom. The van der Waals surface area contributed by atoms with Gasteiger partial charge in [0.15, 0.2) is 6.10 Å². The summed E-state index contributed by atoms with van der Waals surface area (Å²) in [5, 5.41) is -0.140. The summed E-state index contributed by atoms with van der Waals surface area (Å²) >= 11 is 0.151. The molecule has 1 aromatic carbocycles. The number of halogens is 2. The molecule has 2 rings (SSSR count). The maximum absolute atomic E-state index is 12.6. The number of pyridine rings is 1. The van der Waals surface area contributed by atoms with Gasteiger partial charge in [-0.2, -0.15) is 8.78 Å². The van der Waals surface area contributed by atoms with Gasteiger partial charge < -0.3 is 9.64 Å². The van der Waals surface area contributed by atoms with Crippen molar-refractivity contribution in [2.45, 2.75) is 23.8 Å². The van der Waals surface area contributed by atoms with E-state index in [1.807, 2.05) is 6.07 Å². The predicted molar refractivity (Wildman–Crippen MR) is 90.8 cm³/mol. The van der Waals surface area contributed by atoms with Gasteiger partial charge in [-0.25, -0.2) is 9.78 Å². The van der Waals surface area contributed by atoms with E-state index >= 15 is 0 Å². The van der Waals surface area contributed by atoms with Crippen LogP contribution in [-0.4, -0.2) is 35.8 Å². The minimum atomic E-state index is -2.72. The average molecular weight is 366 g/mol. The Bertz CT molecular complexity index is 744. The zero-order valence-electron chi connectivity index (χ0n) is 13.6. The van der Waals surface area contributed by atoms with Gasteiger partial charge in [-0.1, -0.05) is 18.2 Å². The Morgan fingerprint density at radius 2 is 1.84 bits per heavy atom. The number of esters is 1. The monoisotopic (exact) mass is 366 g/mol. The third-order valence-electron chi connectivity index (χ3n) is 3.30. The molecule has 0 aliphatic rings. The molecule has 0 saturated carbocycles. The molecule has 1 atom stereocenters. The highest BCUT2D eigenvalue weighted by Crippen LogP contribution is 2.27. The standard InChI is InChI=1S/C17H16F2N2O3S/c1-11(15(22)21(2)12-7-4-3-5-8-12)24-16(23)13-9-6-10-20-14(13)25-17(18)19/h3-11,17H,1-2H3. The lowest BCUT2D eigenvalue weighted by molar-refractivity contribution is -0.126. The van der Waals surface area contributed by atoms with Gasteiger partial charge in [0.1, 0.15) is 5.03 Å². The number of carbonyl (C=O) groups excluding carboxylic acids is 2. The molecule has 0 N–H and O–H groups in total. The number of thioether (sulfide) groups is 1. The van der Waals surface area contributed by atoms with Crippen LogP contribution in [0.25, 0.3) is 0 Å². The second-order valence-corrected chi connectivity index (χ2v) is 5.99. The number of rotatable bonds is 6. The first-order valence-corrected chi connectivity index (χ1v) is 8.21. The number of para-hydroxylation sites is 1. The van der Waals surface area contributed by atoms with Crippen LogP contribution < -0.4 is 4.90 Å². The fourth-order valence-electron chi connectivity index (χ4n) is 2.05. The van der Waals surface area contributed by atoms with Crippen LogP contribution in [0.5, 0.6) is 0 Å². The highest BCUT2D eigenvalue weighted by atomic mass is 32.2. The zero-order chi connectivity index (χ0) is 18.4. The third-order valence-corrected chi connectivity index (χ3v) is 4.02. The SMILES string of the molecule is CC(OC(=O)c1cccnc1SC(F)F)C(=O)N(C)c1ccccc1. The van der Waals surface area contributed by atoms with Gasteiger partial charge in [-0.15, -0.1) is 0 Å². The molecule has 0 bridgehead atoms. The van der Waals surface area contributed by atoms with E-state index in [2.05, 4.69) is 4.98 Å². The van der Waals surface area contributed by atoms with Crippen molar-refractivity contribution in [3.63, 3.8) is 0 Å². The maximum atomic E-state index is 12.6. The Hall–Kier alpha value is -2.48. The second kappa shape index (κ2) is 8.57. The predicted octanol–water partition coefficient (Wildman–Crippen LogP) is 3.60. The Kier molecular flexibility index (Phi) is 6.46. The molecular weight excluding hydrogens is 350 g/mol. The highest BCUT2D eigenvalue weighted by Gasteiger charge is 2.25. The highest BCUT2D eigenvalue weighted by molar-refractivity contribution is 7.99.